The summed E-state index contributed by atoms with van der Waals surface area (Å²) in [4.78, 5) is 33.2. The molecule has 20 heavy (non-hydrogen) atoms. The van der Waals surface area contributed by atoms with Gasteiger partial charge in [-0.05, 0) is 12.5 Å². The molecule has 0 aliphatic carbocycles. The van der Waals surface area contributed by atoms with Crippen molar-refractivity contribution in [1.29, 1.82) is 0 Å². The number of carbonyl (C=O) groups excluding carboxylic acids is 2. The molecule has 3 N–H and O–H groups in total. The SMILES string of the molecule is O=C1CCC(C(=O)Nc2c(O)cccc2[N+](=O)[O-])CN1. The van der Waals surface area contributed by atoms with E-state index in [1.807, 2.05) is 0 Å². The van der Waals surface area contributed by atoms with Crippen LogP contribution < -0.4 is 10.6 Å². The molecular formula is C12H13N3O5. The van der Waals surface area contributed by atoms with Crippen LogP contribution >= 0.6 is 0 Å². The number of carbonyl (C=O) groups is 2. The van der Waals surface area contributed by atoms with E-state index in [-0.39, 0.29) is 36.0 Å². The normalized spacial score (nSPS) is 18.2. The van der Waals surface area contributed by atoms with Gasteiger partial charge in [-0.3, -0.25) is 19.7 Å². The summed E-state index contributed by atoms with van der Waals surface area (Å²) in [5.41, 5.74) is -0.599. The van der Waals surface area contributed by atoms with Crippen molar-refractivity contribution in [3.05, 3.63) is 28.3 Å². The van der Waals surface area contributed by atoms with Gasteiger partial charge in [0.1, 0.15) is 5.75 Å². The summed E-state index contributed by atoms with van der Waals surface area (Å²) in [7, 11) is 0. The Kier molecular flexibility index (Phi) is 3.83. The highest BCUT2D eigenvalue weighted by Gasteiger charge is 2.27. The number of phenolic OH excluding ortho intramolecular Hbond substituents is 1. The lowest BCUT2D eigenvalue weighted by Crippen LogP contribution is -2.40. The largest absolute Gasteiger partial charge is 0.505 e. The molecule has 1 atom stereocenters. The van der Waals surface area contributed by atoms with Crippen LogP contribution in [0.25, 0.3) is 0 Å². The van der Waals surface area contributed by atoms with Gasteiger partial charge in [0.15, 0.2) is 5.69 Å². The molecule has 1 aliphatic rings. The highest BCUT2D eigenvalue weighted by atomic mass is 16.6. The number of rotatable bonds is 3. The van der Waals surface area contributed by atoms with Gasteiger partial charge in [-0.25, -0.2) is 0 Å². The Balaban J connectivity index is 2.15. The fourth-order valence-electron chi connectivity index (χ4n) is 1.99. The van der Waals surface area contributed by atoms with Gasteiger partial charge in [0.25, 0.3) is 5.69 Å². The number of benzene rings is 1. The minimum Gasteiger partial charge on any atom is -0.505 e. The van der Waals surface area contributed by atoms with Gasteiger partial charge in [-0.2, -0.15) is 0 Å². The Labute approximate surface area is 113 Å². The first-order valence-electron chi connectivity index (χ1n) is 6.03. The van der Waals surface area contributed by atoms with E-state index in [1.54, 1.807) is 0 Å². The van der Waals surface area contributed by atoms with E-state index in [0.717, 1.165) is 0 Å². The van der Waals surface area contributed by atoms with E-state index in [2.05, 4.69) is 10.6 Å². The van der Waals surface area contributed by atoms with Crippen molar-refractivity contribution in [2.24, 2.45) is 5.92 Å². The standard InChI is InChI=1S/C12H13N3O5/c16-9-3-1-2-8(15(19)20)11(9)14-12(18)7-4-5-10(17)13-6-7/h1-3,7,16H,4-6H2,(H,13,17)(H,14,18). The monoisotopic (exact) mass is 279 g/mol. The number of nitro benzene ring substituents is 1. The van der Waals surface area contributed by atoms with Crippen molar-refractivity contribution in [3.63, 3.8) is 0 Å². The minimum atomic E-state index is -0.683. The maximum absolute atomic E-state index is 12.0. The van der Waals surface area contributed by atoms with Gasteiger partial charge < -0.3 is 15.7 Å². The highest BCUT2D eigenvalue weighted by Crippen LogP contribution is 2.33. The minimum absolute atomic E-state index is 0.123. The maximum Gasteiger partial charge on any atom is 0.296 e. The van der Waals surface area contributed by atoms with Crippen LogP contribution in [0, 0.1) is 16.0 Å². The summed E-state index contributed by atoms with van der Waals surface area (Å²) in [5, 5.41) is 25.4. The van der Waals surface area contributed by atoms with Gasteiger partial charge >= 0.3 is 0 Å². The number of nitro groups is 1. The third-order valence-corrected chi connectivity index (χ3v) is 3.10. The van der Waals surface area contributed by atoms with Crippen LogP contribution in [0.2, 0.25) is 0 Å². The lowest BCUT2D eigenvalue weighted by molar-refractivity contribution is -0.384. The van der Waals surface area contributed by atoms with Crippen LogP contribution in [-0.4, -0.2) is 28.4 Å². The van der Waals surface area contributed by atoms with Crippen LogP contribution in [0.1, 0.15) is 12.8 Å². The number of anilines is 1. The molecule has 0 radical (unpaired) electrons. The second kappa shape index (κ2) is 5.55. The van der Waals surface area contributed by atoms with Gasteiger partial charge in [0.05, 0.1) is 10.8 Å². The van der Waals surface area contributed by atoms with Crippen LogP contribution in [-0.2, 0) is 9.59 Å². The summed E-state index contributed by atoms with van der Waals surface area (Å²) in [6, 6.07) is 3.77. The number of hydrogen-bond acceptors (Lipinski definition) is 5. The van der Waals surface area contributed by atoms with Gasteiger partial charge in [-0.15, -0.1) is 0 Å². The van der Waals surface area contributed by atoms with Crippen molar-refractivity contribution in [2.45, 2.75) is 12.8 Å². The molecule has 0 spiro atoms. The molecule has 0 aromatic heterocycles. The summed E-state index contributed by atoms with van der Waals surface area (Å²) in [5.74, 6) is -1.42. The molecule has 1 saturated heterocycles. The molecule has 1 unspecified atom stereocenters. The average Bonchev–Trinajstić information content (AvgIpc) is 2.41. The molecule has 1 fully saturated rings. The van der Waals surface area contributed by atoms with E-state index in [4.69, 9.17) is 0 Å². The van der Waals surface area contributed by atoms with Crippen LogP contribution in [0.15, 0.2) is 18.2 Å². The first-order chi connectivity index (χ1) is 9.49. The van der Waals surface area contributed by atoms with Crippen LogP contribution in [0.5, 0.6) is 5.75 Å². The summed E-state index contributed by atoms with van der Waals surface area (Å²) < 4.78 is 0. The second-order valence-corrected chi connectivity index (χ2v) is 4.46. The number of nitrogens with one attached hydrogen (secondary N) is 2. The van der Waals surface area contributed by atoms with Crippen molar-refractivity contribution >= 4 is 23.2 Å². The first-order valence-corrected chi connectivity index (χ1v) is 6.03. The quantitative estimate of drug-likeness (QED) is 0.428. The Morgan fingerprint density at radius 3 is 2.85 bits per heavy atom. The molecule has 8 heteroatoms. The Morgan fingerprint density at radius 1 is 1.50 bits per heavy atom. The summed E-state index contributed by atoms with van der Waals surface area (Å²) in [6.45, 7) is 0.187. The van der Waals surface area contributed by atoms with Crippen molar-refractivity contribution in [3.8, 4) is 5.75 Å². The first kappa shape index (κ1) is 13.8. The van der Waals surface area contributed by atoms with E-state index in [1.165, 1.54) is 18.2 Å². The summed E-state index contributed by atoms with van der Waals surface area (Å²) >= 11 is 0. The van der Waals surface area contributed by atoms with E-state index in [0.29, 0.717) is 6.42 Å². The average molecular weight is 279 g/mol. The fraction of sp³-hybridized carbons (Fsp3) is 0.333. The topological polar surface area (TPSA) is 122 Å². The smallest absolute Gasteiger partial charge is 0.296 e. The predicted molar refractivity (Wildman–Crippen MR) is 69.1 cm³/mol. The third kappa shape index (κ3) is 2.85. The van der Waals surface area contributed by atoms with E-state index < -0.39 is 16.7 Å². The number of amides is 2. The molecule has 0 saturated carbocycles. The van der Waals surface area contributed by atoms with Crippen LogP contribution in [0.3, 0.4) is 0 Å². The summed E-state index contributed by atoms with van der Waals surface area (Å²) in [6.07, 6.45) is 0.611. The number of aromatic hydroxyl groups is 1. The highest BCUT2D eigenvalue weighted by molar-refractivity contribution is 5.97. The molecule has 1 heterocycles. The molecule has 0 bridgehead atoms. The maximum atomic E-state index is 12.0. The molecule has 8 nitrogen and oxygen atoms in total. The van der Waals surface area contributed by atoms with Crippen molar-refractivity contribution in [1.82, 2.24) is 5.32 Å². The number of hydrogen-bond donors (Lipinski definition) is 3. The van der Waals surface area contributed by atoms with Crippen LogP contribution in [0.4, 0.5) is 11.4 Å². The van der Waals surface area contributed by atoms with E-state index >= 15 is 0 Å². The van der Waals surface area contributed by atoms with Gasteiger partial charge in [-0.1, -0.05) is 6.07 Å². The molecule has 1 aromatic carbocycles. The zero-order chi connectivity index (χ0) is 14.7. The lowest BCUT2D eigenvalue weighted by Gasteiger charge is -2.21. The molecular weight excluding hydrogens is 266 g/mol. The Hall–Kier alpha value is -2.64. The molecule has 1 aromatic rings. The number of phenols is 1. The molecule has 1 aliphatic heterocycles. The zero-order valence-corrected chi connectivity index (χ0v) is 10.5. The van der Waals surface area contributed by atoms with Gasteiger partial charge in [0, 0.05) is 19.0 Å². The molecule has 2 rings (SSSR count). The van der Waals surface area contributed by atoms with E-state index in [9.17, 15) is 24.8 Å². The Morgan fingerprint density at radius 2 is 2.25 bits per heavy atom. The molecule has 2 amide bonds. The van der Waals surface area contributed by atoms with Crippen molar-refractivity contribution < 1.29 is 19.6 Å². The number of para-hydroxylation sites is 1. The predicted octanol–water partition coefficient (Wildman–Crippen LogP) is 0.765. The van der Waals surface area contributed by atoms with Crippen molar-refractivity contribution in [2.75, 3.05) is 11.9 Å². The number of piperidine rings is 1. The third-order valence-electron chi connectivity index (χ3n) is 3.10. The Bertz CT molecular complexity index is 562. The molecule has 106 valence electrons. The fourth-order valence-corrected chi connectivity index (χ4v) is 1.99. The zero-order valence-electron chi connectivity index (χ0n) is 10.5. The second-order valence-electron chi connectivity index (χ2n) is 4.46. The number of nitrogens with zero attached hydrogens (tertiary/aromatic N) is 1. The van der Waals surface area contributed by atoms with Gasteiger partial charge in [0.2, 0.25) is 11.8 Å². The lowest BCUT2D eigenvalue weighted by atomic mass is 9.98.